The summed E-state index contributed by atoms with van der Waals surface area (Å²) in [6.07, 6.45) is 4.80. The SMILES string of the molecule is C=C1C=CC=C(OCC(=O)OCC)/C1=[N+](\[O-])c1cc(Br)c(Br)cc1N[O-]. The Kier molecular flexibility index (Phi) is 7.01. The fourth-order valence-electron chi connectivity index (χ4n) is 2.16. The molecule has 0 saturated heterocycles. The van der Waals surface area contributed by atoms with Crippen LogP contribution in [0.4, 0.5) is 11.4 Å². The molecule has 0 amide bonds. The molecule has 0 aliphatic heterocycles. The van der Waals surface area contributed by atoms with E-state index in [4.69, 9.17) is 9.47 Å². The van der Waals surface area contributed by atoms with E-state index in [0.29, 0.717) is 19.3 Å². The van der Waals surface area contributed by atoms with E-state index in [-0.39, 0.29) is 36.1 Å². The lowest BCUT2D eigenvalue weighted by atomic mass is 10.0. The maximum atomic E-state index is 13.0. The van der Waals surface area contributed by atoms with E-state index in [1.54, 1.807) is 24.6 Å². The first-order chi connectivity index (χ1) is 12.4. The van der Waals surface area contributed by atoms with Gasteiger partial charge in [0.1, 0.15) is 0 Å². The maximum Gasteiger partial charge on any atom is 0.344 e. The monoisotopic (exact) mass is 485 g/mol. The van der Waals surface area contributed by atoms with Crippen molar-refractivity contribution in [1.82, 2.24) is 0 Å². The predicted octanol–water partition coefficient (Wildman–Crippen LogP) is 4.29. The molecule has 0 saturated carbocycles. The summed E-state index contributed by atoms with van der Waals surface area (Å²) < 4.78 is 12.0. The van der Waals surface area contributed by atoms with E-state index in [9.17, 15) is 15.2 Å². The molecule has 0 fully saturated rings. The predicted molar refractivity (Wildman–Crippen MR) is 106 cm³/mol. The van der Waals surface area contributed by atoms with Gasteiger partial charge >= 0.3 is 5.97 Å². The number of carbonyl (C=O) groups excluding carboxylic acids is 1. The molecule has 1 N–H and O–H groups in total. The molecule has 0 atom stereocenters. The van der Waals surface area contributed by atoms with Crippen molar-refractivity contribution in [2.24, 2.45) is 0 Å². The van der Waals surface area contributed by atoms with Gasteiger partial charge in [0, 0.05) is 20.6 Å². The highest BCUT2D eigenvalue weighted by molar-refractivity contribution is 9.13. The Balaban J connectivity index is 2.45. The fraction of sp³-hybridized carbons (Fsp3) is 0.176. The molecular formula is C17H15Br2N2O5-. The van der Waals surface area contributed by atoms with Gasteiger partial charge in [-0.15, -0.1) is 0 Å². The van der Waals surface area contributed by atoms with Crippen molar-refractivity contribution in [2.75, 3.05) is 18.7 Å². The highest BCUT2D eigenvalue weighted by Crippen LogP contribution is 2.35. The Bertz CT molecular complexity index is 831. The summed E-state index contributed by atoms with van der Waals surface area (Å²) in [6, 6.07) is 2.96. The van der Waals surface area contributed by atoms with Crippen molar-refractivity contribution in [2.45, 2.75) is 6.92 Å². The topological polar surface area (TPSA) is 96.7 Å². The van der Waals surface area contributed by atoms with E-state index in [2.05, 4.69) is 38.4 Å². The number of benzene rings is 1. The molecule has 1 aliphatic carbocycles. The minimum Gasteiger partial charge on any atom is -0.761 e. The number of rotatable bonds is 6. The van der Waals surface area contributed by atoms with Crippen LogP contribution in [0.15, 0.2) is 57.2 Å². The Morgan fingerprint density at radius 3 is 2.69 bits per heavy atom. The summed E-state index contributed by atoms with van der Waals surface area (Å²) in [5.41, 5.74) is 2.33. The van der Waals surface area contributed by atoms with Gasteiger partial charge in [-0.3, -0.25) is 0 Å². The number of hydrogen-bond donors (Lipinski definition) is 1. The second kappa shape index (κ2) is 9.02. The number of carbonyl (C=O) groups is 1. The average Bonchev–Trinajstić information content (AvgIpc) is 2.61. The molecule has 0 aromatic heterocycles. The third kappa shape index (κ3) is 4.54. The van der Waals surface area contributed by atoms with Gasteiger partial charge in [0.15, 0.2) is 12.4 Å². The van der Waals surface area contributed by atoms with Crippen molar-refractivity contribution in [3.05, 3.63) is 67.6 Å². The summed E-state index contributed by atoms with van der Waals surface area (Å²) in [6.45, 7) is 5.39. The molecule has 0 heterocycles. The number of nitrogens with zero attached hydrogens (tertiary/aromatic N) is 1. The molecule has 1 aromatic carbocycles. The molecule has 2 rings (SSSR count). The molecule has 9 heteroatoms. The Hall–Kier alpha value is -2.10. The molecule has 0 spiro atoms. The minimum absolute atomic E-state index is 0.0622. The zero-order valence-corrected chi connectivity index (χ0v) is 16.9. The number of anilines is 1. The van der Waals surface area contributed by atoms with Gasteiger partial charge in [-0.2, -0.15) is 4.74 Å². The van der Waals surface area contributed by atoms with Gasteiger partial charge in [-0.1, -0.05) is 12.7 Å². The summed E-state index contributed by atoms with van der Waals surface area (Å²) >= 11 is 6.58. The van der Waals surface area contributed by atoms with Gasteiger partial charge in [0.25, 0.3) is 5.71 Å². The molecular weight excluding hydrogens is 472 g/mol. The second-order valence-electron chi connectivity index (χ2n) is 5.04. The quantitative estimate of drug-likeness (QED) is 0.279. The summed E-state index contributed by atoms with van der Waals surface area (Å²) in [5.74, 6) is -0.407. The maximum absolute atomic E-state index is 13.0. The van der Waals surface area contributed by atoms with Crippen LogP contribution in [-0.2, 0) is 14.3 Å². The Labute approximate surface area is 167 Å². The lowest BCUT2D eigenvalue weighted by Crippen LogP contribution is -2.22. The molecule has 1 aliphatic rings. The average molecular weight is 487 g/mol. The largest absolute Gasteiger partial charge is 0.761 e. The summed E-state index contributed by atoms with van der Waals surface area (Å²) in [4.78, 5) is 11.5. The highest BCUT2D eigenvalue weighted by atomic mass is 79.9. The normalized spacial score (nSPS) is 15.4. The van der Waals surface area contributed by atoms with Crippen molar-refractivity contribution < 1.29 is 19.0 Å². The number of esters is 1. The van der Waals surface area contributed by atoms with Crippen LogP contribution >= 0.6 is 31.9 Å². The van der Waals surface area contributed by atoms with Crippen LogP contribution in [0.2, 0.25) is 0 Å². The molecule has 1 aromatic rings. The Morgan fingerprint density at radius 2 is 2.04 bits per heavy atom. The van der Waals surface area contributed by atoms with Crippen molar-refractivity contribution in [3.8, 4) is 0 Å². The first kappa shape index (κ1) is 20.2. The van der Waals surface area contributed by atoms with E-state index in [0.717, 1.165) is 0 Å². The number of halogens is 2. The van der Waals surface area contributed by atoms with E-state index in [1.807, 2.05) is 0 Å². The van der Waals surface area contributed by atoms with Crippen LogP contribution in [0.1, 0.15) is 6.92 Å². The molecule has 7 nitrogen and oxygen atoms in total. The van der Waals surface area contributed by atoms with Gasteiger partial charge in [0.2, 0.25) is 5.69 Å². The standard InChI is InChI=1S/C17H15Br2N2O5/c1-3-25-16(22)9-26-15-6-4-5-10(2)17(15)21(24)14-8-12(19)11(18)7-13(14)20-23/h4-8,20H,2-3,9H2,1H3/q-1/b21-17-. The smallest absolute Gasteiger partial charge is 0.344 e. The van der Waals surface area contributed by atoms with Crippen LogP contribution < -0.4 is 5.48 Å². The van der Waals surface area contributed by atoms with Gasteiger partial charge in [-0.25, -0.2) is 4.79 Å². The molecule has 138 valence electrons. The number of allylic oxidation sites excluding steroid dienone is 4. The van der Waals surface area contributed by atoms with E-state index >= 15 is 0 Å². The molecule has 26 heavy (non-hydrogen) atoms. The van der Waals surface area contributed by atoms with Crippen molar-refractivity contribution in [3.63, 3.8) is 0 Å². The van der Waals surface area contributed by atoms with Gasteiger partial charge < -0.3 is 25.4 Å². The first-order valence-corrected chi connectivity index (χ1v) is 9.05. The fourth-order valence-corrected chi connectivity index (χ4v) is 2.84. The third-order valence-electron chi connectivity index (χ3n) is 3.30. The van der Waals surface area contributed by atoms with Crippen LogP contribution in [0.25, 0.3) is 0 Å². The van der Waals surface area contributed by atoms with E-state index < -0.39 is 5.97 Å². The molecule has 0 bridgehead atoms. The lowest BCUT2D eigenvalue weighted by Gasteiger charge is -2.19. The van der Waals surface area contributed by atoms with Crippen LogP contribution in [0.3, 0.4) is 0 Å². The molecule has 0 radical (unpaired) electrons. The third-order valence-corrected chi connectivity index (χ3v) is 5.15. The Morgan fingerprint density at radius 1 is 1.35 bits per heavy atom. The van der Waals surface area contributed by atoms with Gasteiger partial charge in [-0.05, 0) is 57.0 Å². The lowest BCUT2D eigenvalue weighted by molar-refractivity contribution is -0.359. The van der Waals surface area contributed by atoms with Crippen LogP contribution in [0, 0.1) is 10.4 Å². The summed E-state index contributed by atoms with van der Waals surface area (Å²) in [7, 11) is 0. The first-order valence-electron chi connectivity index (χ1n) is 7.46. The number of hydrogen-bond acceptors (Lipinski definition) is 6. The number of nitrogens with one attached hydrogen (secondary N) is 1. The van der Waals surface area contributed by atoms with Crippen LogP contribution in [-0.4, -0.2) is 29.6 Å². The second-order valence-corrected chi connectivity index (χ2v) is 6.75. The zero-order chi connectivity index (χ0) is 19.3. The van der Waals surface area contributed by atoms with E-state index in [1.165, 1.54) is 18.2 Å². The van der Waals surface area contributed by atoms with Gasteiger partial charge in [0.05, 0.1) is 12.3 Å². The zero-order valence-electron chi connectivity index (χ0n) is 13.8. The van der Waals surface area contributed by atoms with Crippen molar-refractivity contribution in [1.29, 1.82) is 0 Å². The number of ether oxygens (including phenoxy) is 2. The minimum atomic E-state index is -0.557. The molecule has 0 unspecified atom stereocenters. The highest BCUT2D eigenvalue weighted by Gasteiger charge is 2.26. The van der Waals surface area contributed by atoms with Crippen molar-refractivity contribution >= 4 is 54.9 Å². The van der Waals surface area contributed by atoms with Crippen LogP contribution in [0.5, 0.6) is 0 Å². The summed E-state index contributed by atoms with van der Waals surface area (Å²) in [5, 5.41) is 24.2.